The van der Waals surface area contributed by atoms with E-state index in [-0.39, 0.29) is 5.78 Å². The van der Waals surface area contributed by atoms with E-state index in [4.69, 9.17) is 9.47 Å². The van der Waals surface area contributed by atoms with E-state index in [1.165, 1.54) is 0 Å². The van der Waals surface area contributed by atoms with Crippen LogP contribution < -0.4 is 9.47 Å². The summed E-state index contributed by atoms with van der Waals surface area (Å²) < 4.78 is 11.4. The third kappa shape index (κ3) is 5.29. The van der Waals surface area contributed by atoms with Gasteiger partial charge in [-0.2, -0.15) is 0 Å². The standard InChI is InChI=1S/C28H22O4/c29-27(22-11-5-2-6-12-22)23-15-17-24(18-16-23)32-28(30)25-13-7-8-14-26(25)31-20-19-21-9-3-1-4-10-21/h1-18H,19-20H2. The summed E-state index contributed by atoms with van der Waals surface area (Å²) in [5, 5.41) is 0. The van der Waals surface area contributed by atoms with E-state index < -0.39 is 5.97 Å². The first-order chi connectivity index (χ1) is 15.7. The smallest absolute Gasteiger partial charge is 0.347 e. The SMILES string of the molecule is O=C(c1ccccc1)c1ccc(OC(=O)c2ccccc2OCCc2ccccc2)cc1. The van der Waals surface area contributed by atoms with Gasteiger partial charge in [0, 0.05) is 17.5 Å². The molecule has 0 bridgehead atoms. The first-order valence-electron chi connectivity index (χ1n) is 10.4. The zero-order valence-electron chi connectivity index (χ0n) is 17.4. The van der Waals surface area contributed by atoms with Gasteiger partial charge in [0.1, 0.15) is 17.1 Å². The molecular weight excluding hydrogens is 400 g/mol. The highest BCUT2D eigenvalue weighted by Crippen LogP contribution is 2.22. The van der Waals surface area contributed by atoms with Gasteiger partial charge in [0.2, 0.25) is 0 Å². The first kappa shape index (κ1) is 21.1. The van der Waals surface area contributed by atoms with Crippen LogP contribution in [0.3, 0.4) is 0 Å². The van der Waals surface area contributed by atoms with E-state index in [0.29, 0.717) is 34.8 Å². The maximum absolute atomic E-state index is 12.7. The number of carbonyl (C=O) groups excluding carboxylic acids is 2. The largest absolute Gasteiger partial charge is 0.492 e. The number of hydrogen-bond donors (Lipinski definition) is 0. The molecule has 4 aromatic carbocycles. The van der Waals surface area contributed by atoms with Crippen LogP contribution in [0.4, 0.5) is 0 Å². The molecule has 158 valence electrons. The fraction of sp³-hybridized carbons (Fsp3) is 0.0714. The van der Waals surface area contributed by atoms with Crippen LogP contribution in [-0.4, -0.2) is 18.4 Å². The summed E-state index contributed by atoms with van der Waals surface area (Å²) in [4.78, 5) is 25.3. The lowest BCUT2D eigenvalue weighted by Crippen LogP contribution is -2.12. The monoisotopic (exact) mass is 422 g/mol. The van der Waals surface area contributed by atoms with E-state index in [2.05, 4.69) is 0 Å². The van der Waals surface area contributed by atoms with Gasteiger partial charge in [0.15, 0.2) is 5.78 Å². The minimum atomic E-state index is -0.512. The molecule has 0 fully saturated rings. The van der Waals surface area contributed by atoms with Crippen molar-refractivity contribution in [2.75, 3.05) is 6.61 Å². The second-order valence-electron chi connectivity index (χ2n) is 7.19. The van der Waals surface area contributed by atoms with Gasteiger partial charge in [-0.25, -0.2) is 4.79 Å². The van der Waals surface area contributed by atoms with Crippen LogP contribution in [0.25, 0.3) is 0 Å². The molecule has 0 atom stereocenters. The van der Waals surface area contributed by atoms with Crippen molar-refractivity contribution in [1.29, 1.82) is 0 Å². The van der Waals surface area contributed by atoms with Crippen molar-refractivity contribution in [2.45, 2.75) is 6.42 Å². The molecule has 0 aliphatic rings. The summed E-state index contributed by atoms with van der Waals surface area (Å²) in [6.07, 6.45) is 0.737. The topological polar surface area (TPSA) is 52.6 Å². The second-order valence-corrected chi connectivity index (χ2v) is 7.19. The summed E-state index contributed by atoms with van der Waals surface area (Å²) >= 11 is 0. The molecule has 0 saturated carbocycles. The number of rotatable bonds is 8. The third-order valence-corrected chi connectivity index (χ3v) is 4.96. The third-order valence-electron chi connectivity index (χ3n) is 4.96. The maximum atomic E-state index is 12.7. The Kier molecular flexibility index (Phi) is 6.73. The van der Waals surface area contributed by atoms with Gasteiger partial charge in [-0.15, -0.1) is 0 Å². The van der Waals surface area contributed by atoms with Crippen LogP contribution in [-0.2, 0) is 6.42 Å². The molecule has 0 aliphatic heterocycles. The van der Waals surface area contributed by atoms with E-state index in [9.17, 15) is 9.59 Å². The average molecular weight is 422 g/mol. The molecule has 4 rings (SSSR count). The fourth-order valence-electron chi connectivity index (χ4n) is 3.28. The number of hydrogen-bond acceptors (Lipinski definition) is 4. The molecule has 32 heavy (non-hydrogen) atoms. The van der Waals surface area contributed by atoms with Gasteiger partial charge in [0.05, 0.1) is 6.61 Å². The first-order valence-corrected chi connectivity index (χ1v) is 10.4. The average Bonchev–Trinajstić information content (AvgIpc) is 2.85. The normalized spacial score (nSPS) is 10.4. The molecule has 0 saturated heterocycles. The Morgan fingerprint density at radius 1 is 0.625 bits per heavy atom. The Bertz CT molecular complexity index is 1180. The van der Waals surface area contributed by atoms with Crippen LogP contribution in [0.15, 0.2) is 109 Å². The van der Waals surface area contributed by atoms with Crippen molar-refractivity contribution in [1.82, 2.24) is 0 Å². The molecule has 0 spiro atoms. The Balaban J connectivity index is 1.40. The predicted octanol–water partition coefficient (Wildman–Crippen LogP) is 5.76. The molecule has 0 aromatic heterocycles. The molecule has 4 nitrogen and oxygen atoms in total. The number of ketones is 1. The van der Waals surface area contributed by atoms with Crippen molar-refractivity contribution in [3.63, 3.8) is 0 Å². The van der Waals surface area contributed by atoms with Gasteiger partial charge >= 0.3 is 5.97 Å². The predicted molar refractivity (Wildman–Crippen MR) is 123 cm³/mol. The molecule has 4 heteroatoms. The highest BCUT2D eigenvalue weighted by Gasteiger charge is 2.15. The van der Waals surface area contributed by atoms with Crippen LogP contribution in [0.2, 0.25) is 0 Å². The molecule has 0 radical (unpaired) electrons. The van der Waals surface area contributed by atoms with Gasteiger partial charge in [-0.1, -0.05) is 72.8 Å². The van der Waals surface area contributed by atoms with Gasteiger partial charge in [0.25, 0.3) is 0 Å². The number of para-hydroxylation sites is 1. The summed E-state index contributed by atoms with van der Waals surface area (Å²) in [7, 11) is 0. The van der Waals surface area contributed by atoms with E-state index in [1.807, 2.05) is 54.6 Å². The molecular formula is C28H22O4. The quantitative estimate of drug-likeness (QED) is 0.206. The molecule has 0 aliphatic carbocycles. The lowest BCUT2D eigenvalue weighted by molar-refractivity contribution is 0.0730. The Labute approximate surface area is 187 Å². The molecule has 0 amide bonds. The van der Waals surface area contributed by atoms with E-state index in [1.54, 1.807) is 54.6 Å². The van der Waals surface area contributed by atoms with Crippen molar-refractivity contribution < 1.29 is 19.1 Å². The Morgan fingerprint density at radius 3 is 1.94 bits per heavy atom. The Morgan fingerprint density at radius 2 is 1.22 bits per heavy atom. The summed E-state index contributed by atoms with van der Waals surface area (Å²) in [5.41, 5.74) is 2.65. The van der Waals surface area contributed by atoms with Crippen LogP contribution in [0.5, 0.6) is 11.5 Å². The highest BCUT2D eigenvalue weighted by molar-refractivity contribution is 6.09. The lowest BCUT2D eigenvalue weighted by atomic mass is 10.0. The summed E-state index contributed by atoms with van der Waals surface area (Å²) in [6.45, 7) is 0.449. The molecule has 0 N–H and O–H groups in total. The van der Waals surface area contributed by atoms with Crippen molar-refractivity contribution in [3.8, 4) is 11.5 Å². The minimum absolute atomic E-state index is 0.0827. The van der Waals surface area contributed by atoms with Gasteiger partial charge in [-0.05, 0) is 42.0 Å². The Hall–Kier alpha value is -4.18. The molecule has 0 heterocycles. The minimum Gasteiger partial charge on any atom is -0.492 e. The highest BCUT2D eigenvalue weighted by atomic mass is 16.5. The summed E-state index contributed by atoms with van der Waals surface area (Å²) in [6, 6.07) is 32.6. The fourth-order valence-corrected chi connectivity index (χ4v) is 3.28. The maximum Gasteiger partial charge on any atom is 0.347 e. The van der Waals surface area contributed by atoms with E-state index >= 15 is 0 Å². The van der Waals surface area contributed by atoms with Crippen LogP contribution in [0, 0.1) is 0 Å². The van der Waals surface area contributed by atoms with Crippen molar-refractivity contribution in [3.05, 3.63) is 131 Å². The van der Waals surface area contributed by atoms with Gasteiger partial charge in [-0.3, -0.25) is 4.79 Å². The number of carbonyl (C=O) groups is 2. The van der Waals surface area contributed by atoms with Crippen molar-refractivity contribution in [2.24, 2.45) is 0 Å². The second kappa shape index (κ2) is 10.2. The molecule has 0 unspecified atom stereocenters. The van der Waals surface area contributed by atoms with Crippen molar-refractivity contribution >= 4 is 11.8 Å². The van der Waals surface area contributed by atoms with Crippen LogP contribution in [0.1, 0.15) is 31.8 Å². The van der Waals surface area contributed by atoms with E-state index in [0.717, 1.165) is 12.0 Å². The summed E-state index contributed by atoms with van der Waals surface area (Å²) in [5.74, 6) is 0.242. The number of esters is 1. The zero-order valence-corrected chi connectivity index (χ0v) is 17.4. The van der Waals surface area contributed by atoms with Crippen LogP contribution >= 0.6 is 0 Å². The zero-order chi connectivity index (χ0) is 22.2. The van der Waals surface area contributed by atoms with Gasteiger partial charge < -0.3 is 9.47 Å². The lowest BCUT2D eigenvalue weighted by Gasteiger charge is -2.11. The number of ether oxygens (including phenoxy) is 2. The number of benzene rings is 4. The molecule has 4 aromatic rings.